The van der Waals surface area contributed by atoms with Gasteiger partial charge in [0.15, 0.2) is 0 Å². The molecule has 1 saturated heterocycles. The summed E-state index contributed by atoms with van der Waals surface area (Å²) in [5.74, 6) is 0.193. The molecule has 0 saturated carbocycles. The zero-order valence-electron chi connectivity index (χ0n) is 11.8. The summed E-state index contributed by atoms with van der Waals surface area (Å²) in [7, 11) is -3.65. The van der Waals surface area contributed by atoms with Gasteiger partial charge < -0.3 is 10.6 Å². The van der Waals surface area contributed by atoms with Gasteiger partial charge >= 0.3 is 0 Å². The number of carbonyl (C=O) groups is 1. The van der Waals surface area contributed by atoms with Crippen molar-refractivity contribution in [3.05, 3.63) is 0 Å². The van der Waals surface area contributed by atoms with Crippen molar-refractivity contribution in [3.63, 3.8) is 0 Å². The predicted octanol–water partition coefficient (Wildman–Crippen LogP) is 0.165. The van der Waals surface area contributed by atoms with Gasteiger partial charge in [0.25, 0.3) is 10.0 Å². The number of nitrogens with zero attached hydrogens (tertiary/aromatic N) is 2. The van der Waals surface area contributed by atoms with Crippen LogP contribution in [0, 0.1) is 5.92 Å². The van der Waals surface area contributed by atoms with Crippen LogP contribution >= 0.6 is 11.3 Å². The highest BCUT2D eigenvalue weighted by Gasteiger charge is 2.21. The third kappa shape index (κ3) is 4.99. The Morgan fingerprint density at radius 2 is 2.29 bits per heavy atom. The molecule has 2 heterocycles. The Bertz CT molecular complexity index is 580. The Labute approximate surface area is 127 Å². The summed E-state index contributed by atoms with van der Waals surface area (Å²) in [6.45, 7) is 3.68. The number of aromatic nitrogens is 2. The fourth-order valence-electron chi connectivity index (χ4n) is 2.15. The molecule has 1 fully saturated rings. The summed E-state index contributed by atoms with van der Waals surface area (Å²) in [5, 5.41) is 13.1. The topological polar surface area (TPSA) is 113 Å². The summed E-state index contributed by atoms with van der Waals surface area (Å²) >= 11 is 0.837. The zero-order valence-corrected chi connectivity index (χ0v) is 13.4. The molecule has 0 bridgehead atoms. The first-order valence-corrected chi connectivity index (χ1v) is 9.09. The van der Waals surface area contributed by atoms with Crippen LogP contribution in [0.25, 0.3) is 0 Å². The number of hydrogen-bond donors (Lipinski definition) is 3. The van der Waals surface area contributed by atoms with E-state index >= 15 is 0 Å². The quantitative estimate of drug-likeness (QED) is 0.639. The van der Waals surface area contributed by atoms with E-state index < -0.39 is 10.0 Å². The Morgan fingerprint density at radius 3 is 2.95 bits per heavy atom. The summed E-state index contributed by atoms with van der Waals surface area (Å²) in [6.07, 6.45) is 3.05. The molecule has 0 radical (unpaired) electrons. The Hall–Kier alpha value is -1.10. The largest absolute Gasteiger partial charge is 0.316 e. The van der Waals surface area contributed by atoms with Gasteiger partial charge in [-0.3, -0.25) is 4.79 Å². The van der Waals surface area contributed by atoms with Crippen molar-refractivity contribution in [3.8, 4) is 0 Å². The standard InChI is InChI=1S/C11H19N5O3S2/c1-8(17)14-10-15-16-11(20-10)21(18,19)13-6-4-9-3-2-5-12-7-9/h9,12-13H,2-7H2,1H3,(H,14,15,17). The second kappa shape index (κ2) is 7.25. The molecule has 0 aromatic carbocycles. The van der Waals surface area contributed by atoms with Crippen molar-refractivity contribution in [2.75, 3.05) is 25.0 Å². The lowest BCUT2D eigenvalue weighted by molar-refractivity contribution is -0.114. The smallest absolute Gasteiger partial charge is 0.269 e. The van der Waals surface area contributed by atoms with Crippen LogP contribution in [0.5, 0.6) is 0 Å². The fraction of sp³-hybridized carbons (Fsp3) is 0.727. The van der Waals surface area contributed by atoms with Gasteiger partial charge in [-0.15, -0.1) is 10.2 Å². The molecule has 3 N–H and O–H groups in total. The SMILES string of the molecule is CC(=O)Nc1nnc(S(=O)(=O)NCCC2CCCNC2)s1. The van der Waals surface area contributed by atoms with Crippen molar-refractivity contribution in [2.24, 2.45) is 5.92 Å². The fourth-order valence-corrected chi connectivity index (χ4v) is 4.18. The Kier molecular flexibility index (Phi) is 5.62. The first-order chi connectivity index (χ1) is 9.97. The maximum atomic E-state index is 12.0. The molecule has 1 atom stereocenters. The predicted molar refractivity (Wildman–Crippen MR) is 79.6 cm³/mol. The van der Waals surface area contributed by atoms with Crippen LogP contribution in [0.3, 0.4) is 0 Å². The minimum atomic E-state index is -3.65. The summed E-state index contributed by atoms with van der Waals surface area (Å²) in [6, 6.07) is 0. The molecule has 1 aromatic heterocycles. The van der Waals surface area contributed by atoms with Gasteiger partial charge in [0.05, 0.1) is 0 Å². The number of hydrogen-bond acceptors (Lipinski definition) is 7. The lowest BCUT2D eigenvalue weighted by Crippen LogP contribution is -2.33. The van der Waals surface area contributed by atoms with Crippen molar-refractivity contribution >= 4 is 32.4 Å². The highest BCUT2D eigenvalue weighted by molar-refractivity contribution is 7.91. The number of anilines is 1. The number of piperidine rings is 1. The molecule has 118 valence electrons. The number of carbonyl (C=O) groups excluding carboxylic acids is 1. The lowest BCUT2D eigenvalue weighted by Gasteiger charge is -2.22. The van der Waals surface area contributed by atoms with E-state index in [0.717, 1.165) is 43.7 Å². The number of sulfonamides is 1. The monoisotopic (exact) mass is 333 g/mol. The van der Waals surface area contributed by atoms with Crippen LogP contribution < -0.4 is 15.4 Å². The molecule has 1 aliphatic heterocycles. The van der Waals surface area contributed by atoms with Crippen molar-refractivity contribution in [2.45, 2.75) is 30.5 Å². The van der Waals surface area contributed by atoms with E-state index in [1.807, 2.05) is 0 Å². The first-order valence-electron chi connectivity index (χ1n) is 6.79. The number of nitrogens with one attached hydrogen (secondary N) is 3. The van der Waals surface area contributed by atoms with Crippen LogP contribution in [-0.4, -0.2) is 44.2 Å². The molecular formula is C11H19N5O3S2. The van der Waals surface area contributed by atoms with Gasteiger partial charge in [-0.25, -0.2) is 13.1 Å². The van der Waals surface area contributed by atoms with Crippen molar-refractivity contribution < 1.29 is 13.2 Å². The van der Waals surface area contributed by atoms with Crippen molar-refractivity contribution in [1.29, 1.82) is 0 Å². The summed E-state index contributed by atoms with van der Waals surface area (Å²) < 4.78 is 26.5. The van der Waals surface area contributed by atoms with E-state index in [1.54, 1.807) is 0 Å². The molecular weight excluding hydrogens is 314 g/mol. The van der Waals surface area contributed by atoms with E-state index in [-0.39, 0.29) is 15.4 Å². The molecule has 2 rings (SSSR count). The molecule has 21 heavy (non-hydrogen) atoms. The van der Waals surface area contributed by atoms with E-state index in [9.17, 15) is 13.2 Å². The number of amides is 1. The maximum absolute atomic E-state index is 12.0. The minimum Gasteiger partial charge on any atom is -0.316 e. The van der Waals surface area contributed by atoms with Crippen LogP contribution in [0.2, 0.25) is 0 Å². The minimum absolute atomic E-state index is 0.131. The zero-order chi connectivity index (χ0) is 15.3. The number of rotatable bonds is 6. The maximum Gasteiger partial charge on any atom is 0.269 e. The Balaban J connectivity index is 1.85. The van der Waals surface area contributed by atoms with Crippen LogP contribution in [0.1, 0.15) is 26.2 Å². The van der Waals surface area contributed by atoms with E-state index in [0.29, 0.717) is 12.5 Å². The average Bonchev–Trinajstić information content (AvgIpc) is 2.88. The molecule has 1 unspecified atom stereocenters. The molecule has 8 nitrogen and oxygen atoms in total. The van der Waals surface area contributed by atoms with Gasteiger partial charge in [0, 0.05) is 13.5 Å². The molecule has 1 amide bonds. The lowest BCUT2D eigenvalue weighted by atomic mass is 9.96. The summed E-state index contributed by atoms with van der Waals surface area (Å²) in [5.41, 5.74) is 0. The third-order valence-electron chi connectivity index (χ3n) is 3.16. The highest BCUT2D eigenvalue weighted by Crippen LogP contribution is 2.20. The van der Waals surface area contributed by atoms with Gasteiger partial charge in [-0.1, -0.05) is 11.3 Å². The Morgan fingerprint density at radius 1 is 1.48 bits per heavy atom. The molecule has 0 spiro atoms. The van der Waals surface area contributed by atoms with Gasteiger partial charge in [-0.2, -0.15) is 0 Å². The van der Waals surface area contributed by atoms with E-state index in [1.165, 1.54) is 6.92 Å². The van der Waals surface area contributed by atoms with Gasteiger partial charge in [0.1, 0.15) is 0 Å². The third-order valence-corrected chi connectivity index (χ3v) is 5.83. The second-order valence-electron chi connectivity index (χ2n) is 4.95. The normalized spacial score (nSPS) is 19.4. The van der Waals surface area contributed by atoms with E-state index in [2.05, 4.69) is 25.6 Å². The van der Waals surface area contributed by atoms with Crippen LogP contribution in [-0.2, 0) is 14.8 Å². The van der Waals surface area contributed by atoms with Gasteiger partial charge in [-0.05, 0) is 38.3 Å². The molecule has 1 aliphatic rings. The van der Waals surface area contributed by atoms with E-state index in [4.69, 9.17) is 0 Å². The van der Waals surface area contributed by atoms with Crippen LogP contribution in [0.15, 0.2) is 4.34 Å². The average molecular weight is 333 g/mol. The first kappa shape index (κ1) is 16.3. The molecule has 1 aromatic rings. The van der Waals surface area contributed by atoms with Gasteiger partial charge in [0.2, 0.25) is 15.4 Å². The molecule has 10 heteroatoms. The van der Waals surface area contributed by atoms with Crippen LogP contribution in [0.4, 0.5) is 5.13 Å². The second-order valence-corrected chi connectivity index (χ2v) is 7.87. The van der Waals surface area contributed by atoms with Crippen molar-refractivity contribution in [1.82, 2.24) is 20.2 Å². The molecule has 0 aliphatic carbocycles. The summed E-state index contributed by atoms with van der Waals surface area (Å²) in [4.78, 5) is 10.9. The highest BCUT2D eigenvalue weighted by atomic mass is 32.2.